The Morgan fingerprint density at radius 1 is 1.12 bits per heavy atom. The van der Waals surface area contributed by atoms with Crippen molar-refractivity contribution in [3.63, 3.8) is 0 Å². The molecule has 0 atom stereocenters. The number of amides is 1. The van der Waals surface area contributed by atoms with Gasteiger partial charge in [0.25, 0.3) is 11.5 Å². The van der Waals surface area contributed by atoms with E-state index in [1.165, 1.54) is 6.20 Å². The third-order valence-electron chi connectivity index (χ3n) is 4.43. The van der Waals surface area contributed by atoms with Crippen molar-refractivity contribution < 1.29 is 4.79 Å². The molecule has 4 aromatic rings. The molecule has 4 rings (SSSR count). The van der Waals surface area contributed by atoms with E-state index in [-0.39, 0.29) is 11.5 Å². The molecule has 1 amide bonds. The van der Waals surface area contributed by atoms with Crippen molar-refractivity contribution in [1.82, 2.24) is 9.55 Å². The average Bonchev–Trinajstić information content (AvgIpc) is 3.04. The molecule has 25 heavy (non-hydrogen) atoms. The molecule has 2 aromatic carbocycles. The first-order valence-corrected chi connectivity index (χ1v) is 8.18. The van der Waals surface area contributed by atoms with Crippen LogP contribution in [0.25, 0.3) is 21.7 Å². The number of fused-ring (bicyclic) bond motifs is 2. The summed E-state index contributed by atoms with van der Waals surface area (Å²) in [5.74, 6) is -0.249. The zero-order chi connectivity index (χ0) is 17.4. The maximum atomic E-state index is 12.7. The van der Waals surface area contributed by atoms with Crippen molar-refractivity contribution in [3.05, 3.63) is 76.8 Å². The summed E-state index contributed by atoms with van der Waals surface area (Å²) in [6.07, 6.45) is 3.50. The summed E-state index contributed by atoms with van der Waals surface area (Å²) in [5, 5.41) is 5.21. The van der Waals surface area contributed by atoms with Crippen molar-refractivity contribution in [2.24, 2.45) is 0 Å². The third-order valence-corrected chi connectivity index (χ3v) is 4.43. The van der Waals surface area contributed by atoms with E-state index in [2.05, 4.69) is 27.9 Å². The maximum Gasteiger partial charge on any atom is 0.257 e. The lowest BCUT2D eigenvalue weighted by atomic mass is 10.1. The number of nitrogens with zero attached hydrogens (tertiary/aromatic N) is 1. The van der Waals surface area contributed by atoms with E-state index in [9.17, 15) is 9.59 Å². The predicted molar refractivity (Wildman–Crippen MR) is 100 cm³/mol. The number of aromatic amines is 1. The first kappa shape index (κ1) is 15.2. The molecule has 0 unspecified atom stereocenters. The summed E-state index contributed by atoms with van der Waals surface area (Å²) in [5.41, 5.74) is 2.04. The van der Waals surface area contributed by atoms with Gasteiger partial charge >= 0.3 is 0 Å². The molecule has 0 fully saturated rings. The largest absolute Gasteiger partial charge is 0.348 e. The molecule has 5 nitrogen and oxygen atoms in total. The zero-order valence-electron chi connectivity index (χ0n) is 13.7. The number of pyridine rings is 1. The minimum Gasteiger partial charge on any atom is -0.348 e. The number of benzene rings is 2. The standard InChI is InChI=1S/C20H17N3O2/c1-2-23-10-9-13-7-8-14(11-18(13)23)22-20(25)17-12-21-19(24)16-6-4-3-5-15(16)17/h3-12H,2H2,1H3,(H,21,24)(H,22,25). The highest BCUT2D eigenvalue weighted by atomic mass is 16.1. The van der Waals surface area contributed by atoms with E-state index in [0.717, 1.165) is 23.1 Å². The number of aromatic nitrogens is 2. The van der Waals surface area contributed by atoms with Crippen molar-refractivity contribution in [1.29, 1.82) is 0 Å². The third kappa shape index (κ3) is 2.59. The molecule has 5 heteroatoms. The van der Waals surface area contributed by atoms with Crippen molar-refractivity contribution in [3.8, 4) is 0 Å². The topological polar surface area (TPSA) is 66.9 Å². The number of nitrogens with one attached hydrogen (secondary N) is 2. The Kier molecular flexibility index (Phi) is 3.61. The molecule has 2 N–H and O–H groups in total. The van der Waals surface area contributed by atoms with Gasteiger partial charge in [-0.05, 0) is 36.6 Å². The minimum absolute atomic E-state index is 0.200. The number of rotatable bonds is 3. The van der Waals surface area contributed by atoms with Crippen LogP contribution in [0.3, 0.4) is 0 Å². The highest BCUT2D eigenvalue weighted by molar-refractivity contribution is 6.12. The van der Waals surface area contributed by atoms with Crippen molar-refractivity contribution in [2.75, 3.05) is 5.32 Å². The Morgan fingerprint density at radius 3 is 2.72 bits per heavy atom. The molecule has 0 saturated heterocycles. The van der Waals surface area contributed by atoms with Crippen molar-refractivity contribution in [2.45, 2.75) is 13.5 Å². The number of H-pyrrole nitrogens is 1. The first-order valence-electron chi connectivity index (χ1n) is 8.18. The molecule has 0 aliphatic carbocycles. The van der Waals surface area contributed by atoms with Crippen LogP contribution in [0.4, 0.5) is 5.69 Å². The van der Waals surface area contributed by atoms with E-state index < -0.39 is 0 Å². The van der Waals surface area contributed by atoms with Crippen LogP contribution < -0.4 is 10.9 Å². The smallest absolute Gasteiger partial charge is 0.257 e. The van der Waals surface area contributed by atoms with E-state index >= 15 is 0 Å². The van der Waals surface area contributed by atoms with Gasteiger partial charge in [0.2, 0.25) is 0 Å². The fourth-order valence-corrected chi connectivity index (χ4v) is 3.13. The van der Waals surface area contributed by atoms with Crippen LogP contribution >= 0.6 is 0 Å². The highest BCUT2D eigenvalue weighted by Crippen LogP contribution is 2.22. The van der Waals surface area contributed by atoms with E-state index in [1.54, 1.807) is 18.2 Å². The maximum absolute atomic E-state index is 12.7. The molecule has 0 saturated carbocycles. The summed E-state index contributed by atoms with van der Waals surface area (Å²) >= 11 is 0. The van der Waals surface area contributed by atoms with Crippen LogP contribution in [0.15, 0.2) is 65.7 Å². The van der Waals surface area contributed by atoms with Gasteiger partial charge in [0.1, 0.15) is 0 Å². The number of hydrogen-bond acceptors (Lipinski definition) is 2. The highest BCUT2D eigenvalue weighted by Gasteiger charge is 2.12. The van der Waals surface area contributed by atoms with Gasteiger partial charge in [-0.2, -0.15) is 0 Å². The molecule has 2 heterocycles. The average molecular weight is 331 g/mol. The molecule has 0 bridgehead atoms. The van der Waals surface area contributed by atoms with Gasteiger partial charge in [0, 0.05) is 35.4 Å². The molecule has 0 aliphatic heterocycles. The summed E-state index contributed by atoms with van der Waals surface area (Å²) in [4.78, 5) is 27.3. The van der Waals surface area contributed by atoms with E-state index in [0.29, 0.717) is 16.3 Å². The Bertz CT molecular complexity index is 1150. The first-order chi connectivity index (χ1) is 12.2. The van der Waals surface area contributed by atoms with E-state index in [1.807, 2.05) is 30.5 Å². The van der Waals surface area contributed by atoms with Crippen molar-refractivity contribution >= 4 is 33.3 Å². The Morgan fingerprint density at radius 2 is 1.92 bits per heavy atom. The molecular weight excluding hydrogens is 314 g/mol. The summed E-state index contributed by atoms with van der Waals surface area (Å²) < 4.78 is 2.13. The molecule has 2 aromatic heterocycles. The second kappa shape index (κ2) is 5.94. The molecule has 124 valence electrons. The lowest BCUT2D eigenvalue weighted by Gasteiger charge is -2.09. The quantitative estimate of drug-likeness (QED) is 0.600. The Labute approximate surface area is 143 Å². The summed E-state index contributed by atoms with van der Waals surface area (Å²) in [6.45, 7) is 2.95. The van der Waals surface area contributed by atoms with Gasteiger partial charge in [-0.1, -0.05) is 24.3 Å². The molecule has 0 radical (unpaired) electrons. The fraction of sp³-hybridized carbons (Fsp3) is 0.100. The number of hydrogen-bond donors (Lipinski definition) is 2. The normalized spacial score (nSPS) is 11.1. The van der Waals surface area contributed by atoms with Gasteiger partial charge in [0.05, 0.1) is 11.1 Å². The summed E-state index contributed by atoms with van der Waals surface area (Å²) in [6, 6.07) is 15.0. The van der Waals surface area contributed by atoms with Crippen LogP contribution in [0, 0.1) is 0 Å². The monoisotopic (exact) mass is 331 g/mol. The van der Waals surface area contributed by atoms with Crippen LogP contribution in [-0.4, -0.2) is 15.5 Å². The second-order valence-corrected chi connectivity index (χ2v) is 5.91. The van der Waals surface area contributed by atoms with Gasteiger partial charge in [-0.3, -0.25) is 9.59 Å². The van der Waals surface area contributed by atoms with Gasteiger partial charge < -0.3 is 14.9 Å². The van der Waals surface area contributed by atoms with E-state index in [4.69, 9.17) is 0 Å². The number of aryl methyl sites for hydroxylation is 1. The van der Waals surface area contributed by atoms with Gasteiger partial charge in [0.15, 0.2) is 0 Å². The lowest BCUT2D eigenvalue weighted by molar-refractivity contribution is 0.102. The molecular formula is C20H17N3O2. The van der Waals surface area contributed by atoms with Crippen LogP contribution in [-0.2, 0) is 6.54 Å². The summed E-state index contributed by atoms with van der Waals surface area (Å²) in [7, 11) is 0. The minimum atomic E-state index is -0.249. The zero-order valence-corrected chi connectivity index (χ0v) is 13.7. The second-order valence-electron chi connectivity index (χ2n) is 5.91. The molecule has 0 aliphatic rings. The fourth-order valence-electron chi connectivity index (χ4n) is 3.13. The van der Waals surface area contributed by atoms with Crippen LogP contribution in [0.5, 0.6) is 0 Å². The number of carbonyl (C=O) groups is 1. The Hall–Kier alpha value is -3.34. The lowest BCUT2D eigenvalue weighted by Crippen LogP contribution is -2.16. The number of carbonyl (C=O) groups excluding carboxylic acids is 1. The van der Waals surface area contributed by atoms with Gasteiger partial charge in [-0.15, -0.1) is 0 Å². The van der Waals surface area contributed by atoms with Crippen LogP contribution in [0.2, 0.25) is 0 Å². The molecule has 0 spiro atoms. The Balaban J connectivity index is 1.73. The van der Waals surface area contributed by atoms with Gasteiger partial charge in [-0.25, -0.2) is 0 Å². The number of anilines is 1. The van der Waals surface area contributed by atoms with Crippen LogP contribution in [0.1, 0.15) is 17.3 Å². The predicted octanol–water partition coefficient (Wildman–Crippen LogP) is 3.76. The SMILES string of the molecule is CCn1ccc2ccc(NC(=O)c3c[nH]c(=O)c4ccccc34)cc21.